The number of ketones is 1. The fourth-order valence-electron chi connectivity index (χ4n) is 5.40. The van der Waals surface area contributed by atoms with Gasteiger partial charge in [-0.15, -0.1) is 0 Å². The molecule has 0 radical (unpaired) electrons. The second-order valence-electron chi connectivity index (χ2n) is 9.17. The summed E-state index contributed by atoms with van der Waals surface area (Å²) in [6.07, 6.45) is 11.1. The average molecular weight is 438 g/mol. The first-order valence-corrected chi connectivity index (χ1v) is 11.4. The molecular formula is C24H28FN5O2. The van der Waals surface area contributed by atoms with Gasteiger partial charge in [-0.25, -0.2) is 13.9 Å². The van der Waals surface area contributed by atoms with Crippen LogP contribution in [0, 0.1) is 17.7 Å². The minimum Gasteiger partial charge on any atom is -0.393 e. The van der Waals surface area contributed by atoms with Gasteiger partial charge in [-0.2, -0.15) is 5.10 Å². The molecule has 2 unspecified atom stereocenters. The van der Waals surface area contributed by atoms with Gasteiger partial charge in [0.25, 0.3) is 0 Å². The van der Waals surface area contributed by atoms with Gasteiger partial charge in [0.05, 0.1) is 30.1 Å². The summed E-state index contributed by atoms with van der Waals surface area (Å²) in [5, 5.41) is 14.5. The molecule has 0 aromatic carbocycles. The number of nitrogens with zero attached hydrogens (tertiary/aromatic N) is 5. The topological polar surface area (TPSA) is 83.6 Å². The number of rotatable bonds is 6. The number of pyridine rings is 1. The third-order valence-corrected chi connectivity index (χ3v) is 7.08. The van der Waals surface area contributed by atoms with Crippen LogP contribution >= 0.6 is 0 Å². The van der Waals surface area contributed by atoms with Crippen molar-refractivity contribution in [1.82, 2.24) is 19.6 Å². The van der Waals surface area contributed by atoms with E-state index >= 15 is 0 Å². The van der Waals surface area contributed by atoms with Gasteiger partial charge >= 0.3 is 0 Å². The lowest BCUT2D eigenvalue weighted by atomic mass is 9.86. The maximum Gasteiger partial charge on any atom is 0.168 e. The monoisotopic (exact) mass is 437 g/mol. The number of fused-ring (bicyclic) bond motifs is 1. The molecule has 168 valence electrons. The van der Waals surface area contributed by atoms with Crippen LogP contribution in [0.3, 0.4) is 0 Å². The standard InChI is InChI=1S/C24H28FN5O2/c1-15(18-4-2-6-21(18)31)10-22(32)19-14-27-30-9-7-23(28-24(19)30)29-8-3-5-20(29)16-11-17(25)13-26-12-16/h7,9,11-15,18,20-21,31H,2-6,8,10H2,1H3/t15?,18-,20+,21?/m0/s1. The maximum atomic E-state index is 13.7. The molecule has 3 aromatic rings. The van der Waals surface area contributed by atoms with E-state index in [1.165, 1.54) is 12.3 Å². The van der Waals surface area contributed by atoms with E-state index in [-0.39, 0.29) is 35.6 Å². The summed E-state index contributed by atoms with van der Waals surface area (Å²) in [6.45, 7) is 2.85. The Labute approximate surface area is 186 Å². The summed E-state index contributed by atoms with van der Waals surface area (Å²) in [6, 6.07) is 3.41. The number of carbonyl (C=O) groups is 1. The number of aromatic nitrogens is 4. The van der Waals surface area contributed by atoms with Crippen molar-refractivity contribution in [3.63, 3.8) is 0 Å². The molecule has 1 aliphatic carbocycles. The summed E-state index contributed by atoms with van der Waals surface area (Å²) in [4.78, 5) is 24.1. The van der Waals surface area contributed by atoms with Crippen molar-refractivity contribution in [2.24, 2.45) is 11.8 Å². The third kappa shape index (κ3) is 3.88. The average Bonchev–Trinajstić information content (AvgIpc) is 3.52. The predicted octanol–water partition coefficient (Wildman–Crippen LogP) is 3.97. The first-order chi connectivity index (χ1) is 15.5. The molecule has 0 bridgehead atoms. The van der Waals surface area contributed by atoms with Crippen molar-refractivity contribution < 1.29 is 14.3 Å². The van der Waals surface area contributed by atoms with E-state index in [4.69, 9.17) is 4.98 Å². The van der Waals surface area contributed by atoms with Crippen molar-refractivity contribution in [1.29, 1.82) is 0 Å². The minimum atomic E-state index is -0.345. The van der Waals surface area contributed by atoms with Crippen LogP contribution in [0.4, 0.5) is 10.2 Å². The summed E-state index contributed by atoms with van der Waals surface area (Å²) in [5.41, 5.74) is 1.88. The Hall–Kier alpha value is -2.87. The van der Waals surface area contributed by atoms with Gasteiger partial charge in [-0.3, -0.25) is 9.78 Å². The number of halogens is 1. The number of hydrogen-bond donors (Lipinski definition) is 1. The summed E-state index contributed by atoms with van der Waals surface area (Å²) in [7, 11) is 0. The van der Waals surface area contributed by atoms with Gasteiger partial charge in [0.15, 0.2) is 11.4 Å². The van der Waals surface area contributed by atoms with Crippen LogP contribution in [0.15, 0.2) is 36.9 Å². The molecule has 5 rings (SSSR count). The third-order valence-electron chi connectivity index (χ3n) is 7.08. The summed E-state index contributed by atoms with van der Waals surface area (Å²) < 4.78 is 15.4. The highest BCUT2D eigenvalue weighted by molar-refractivity contribution is 6.01. The Morgan fingerprint density at radius 1 is 1.25 bits per heavy atom. The largest absolute Gasteiger partial charge is 0.393 e. The van der Waals surface area contributed by atoms with E-state index in [2.05, 4.69) is 15.0 Å². The molecule has 32 heavy (non-hydrogen) atoms. The van der Waals surface area contributed by atoms with Gasteiger partial charge in [0.2, 0.25) is 0 Å². The molecular weight excluding hydrogens is 409 g/mol. The van der Waals surface area contributed by atoms with Crippen molar-refractivity contribution >= 4 is 17.2 Å². The van der Waals surface area contributed by atoms with Crippen molar-refractivity contribution in [2.75, 3.05) is 11.4 Å². The van der Waals surface area contributed by atoms with Crippen LogP contribution in [0.1, 0.15) is 67.4 Å². The number of Topliss-reactive ketones (excluding diaryl/α,β-unsaturated/α-hetero) is 1. The number of aliphatic hydroxyl groups is 1. The van der Waals surface area contributed by atoms with Crippen LogP contribution in [0.5, 0.6) is 0 Å². The Morgan fingerprint density at radius 2 is 2.12 bits per heavy atom. The molecule has 4 atom stereocenters. The smallest absolute Gasteiger partial charge is 0.168 e. The molecule has 7 nitrogen and oxygen atoms in total. The molecule has 4 heterocycles. The first-order valence-electron chi connectivity index (χ1n) is 11.4. The van der Waals surface area contributed by atoms with Crippen LogP contribution in [0.25, 0.3) is 5.65 Å². The fraction of sp³-hybridized carbons (Fsp3) is 0.500. The number of carbonyl (C=O) groups excluding carboxylic acids is 1. The summed E-state index contributed by atoms with van der Waals surface area (Å²) >= 11 is 0. The normalized spacial score (nSPS) is 24.3. The highest BCUT2D eigenvalue weighted by Crippen LogP contribution is 2.36. The van der Waals surface area contributed by atoms with E-state index in [0.717, 1.165) is 50.0 Å². The van der Waals surface area contributed by atoms with Gasteiger partial charge in [-0.1, -0.05) is 13.3 Å². The molecule has 0 spiro atoms. The number of hydrogen-bond acceptors (Lipinski definition) is 6. The van der Waals surface area contributed by atoms with E-state index in [1.54, 1.807) is 16.9 Å². The quantitative estimate of drug-likeness (QED) is 0.588. The SMILES string of the molecule is CC(CC(=O)c1cnn2ccc(N3CCC[C@@H]3c3cncc(F)c3)nc12)[C@@H]1CCCC1O. The lowest BCUT2D eigenvalue weighted by molar-refractivity contribution is 0.0833. The van der Waals surface area contributed by atoms with Crippen molar-refractivity contribution in [3.05, 3.63) is 53.9 Å². The zero-order chi connectivity index (χ0) is 22.2. The number of aliphatic hydroxyl groups excluding tert-OH is 1. The zero-order valence-corrected chi connectivity index (χ0v) is 18.2. The predicted molar refractivity (Wildman–Crippen MR) is 118 cm³/mol. The first kappa shape index (κ1) is 21.0. The van der Waals surface area contributed by atoms with Gasteiger partial charge < -0.3 is 10.0 Å². The summed E-state index contributed by atoms with van der Waals surface area (Å²) in [5.74, 6) is 0.695. The molecule has 1 N–H and O–H groups in total. The van der Waals surface area contributed by atoms with Crippen molar-refractivity contribution in [3.8, 4) is 0 Å². The van der Waals surface area contributed by atoms with Gasteiger partial charge in [0.1, 0.15) is 11.6 Å². The van der Waals surface area contributed by atoms with E-state index < -0.39 is 0 Å². The molecule has 3 aromatic heterocycles. The fourth-order valence-corrected chi connectivity index (χ4v) is 5.40. The van der Waals surface area contributed by atoms with Gasteiger partial charge in [-0.05, 0) is 55.2 Å². The van der Waals surface area contributed by atoms with Crippen molar-refractivity contribution in [2.45, 2.75) is 57.6 Å². The molecule has 8 heteroatoms. The number of anilines is 1. The van der Waals surface area contributed by atoms with Crippen LogP contribution < -0.4 is 4.90 Å². The zero-order valence-electron chi connectivity index (χ0n) is 18.2. The van der Waals surface area contributed by atoms with Gasteiger partial charge in [0, 0.05) is 25.4 Å². The maximum absolute atomic E-state index is 13.7. The van der Waals surface area contributed by atoms with Crippen LogP contribution in [0.2, 0.25) is 0 Å². The molecule has 1 saturated heterocycles. The molecule has 2 fully saturated rings. The lowest BCUT2D eigenvalue weighted by Crippen LogP contribution is -2.24. The highest BCUT2D eigenvalue weighted by Gasteiger charge is 2.32. The Kier molecular flexibility index (Phi) is 5.63. The van der Waals surface area contributed by atoms with Crippen LogP contribution in [-0.2, 0) is 0 Å². The molecule has 1 saturated carbocycles. The second-order valence-corrected chi connectivity index (χ2v) is 9.17. The lowest BCUT2D eigenvalue weighted by Gasteiger charge is -2.26. The molecule has 0 amide bonds. The second kappa shape index (κ2) is 8.58. The van der Waals surface area contributed by atoms with E-state index in [1.807, 2.05) is 19.2 Å². The molecule has 1 aliphatic heterocycles. The minimum absolute atomic E-state index is 0.000834. The Balaban J connectivity index is 1.40. The Bertz CT molecular complexity index is 1130. The van der Waals surface area contributed by atoms with Crippen LogP contribution in [-0.4, -0.2) is 43.1 Å². The van der Waals surface area contributed by atoms with E-state index in [9.17, 15) is 14.3 Å². The molecule has 2 aliphatic rings. The highest BCUT2D eigenvalue weighted by atomic mass is 19.1. The van der Waals surface area contributed by atoms with E-state index in [0.29, 0.717) is 17.6 Å². The Morgan fingerprint density at radius 3 is 2.91 bits per heavy atom.